The van der Waals surface area contributed by atoms with Crippen LogP contribution < -0.4 is 5.32 Å². The number of halogens is 1. The van der Waals surface area contributed by atoms with Crippen molar-refractivity contribution < 1.29 is 14.2 Å². The highest BCUT2D eigenvalue weighted by Gasteiger charge is 2.41. The van der Waals surface area contributed by atoms with E-state index in [9.17, 15) is 4.39 Å². The zero-order valence-electron chi connectivity index (χ0n) is 10.4. The van der Waals surface area contributed by atoms with Crippen LogP contribution in [0.2, 0.25) is 0 Å². The van der Waals surface area contributed by atoms with E-state index in [1.54, 1.807) is 17.9 Å². The van der Waals surface area contributed by atoms with Crippen molar-refractivity contribution in [3.8, 4) is 0 Å². The zero-order chi connectivity index (χ0) is 13.5. The van der Waals surface area contributed by atoms with E-state index in [0.29, 0.717) is 17.0 Å². The van der Waals surface area contributed by atoms with Gasteiger partial charge in [-0.25, -0.2) is 19.3 Å². The number of rotatable bonds is 3. The SMILES string of the molecule is CNc1ncnc2c1ncn2[C@H]1C[C@](F)(CO)CO1. The monoisotopic (exact) mass is 267 g/mol. The lowest BCUT2D eigenvalue weighted by Gasteiger charge is -2.14. The number of alkyl halides is 1. The first kappa shape index (κ1) is 12.2. The molecule has 1 aliphatic rings. The van der Waals surface area contributed by atoms with Crippen LogP contribution in [0.15, 0.2) is 12.7 Å². The van der Waals surface area contributed by atoms with Gasteiger partial charge in [-0.3, -0.25) is 4.57 Å². The zero-order valence-corrected chi connectivity index (χ0v) is 10.4. The van der Waals surface area contributed by atoms with Crippen LogP contribution in [0, 0.1) is 0 Å². The van der Waals surface area contributed by atoms with E-state index >= 15 is 0 Å². The number of nitrogens with zero attached hydrogens (tertiary/aromatic N) is 4. The topological polar surface area (TPSA) is 85.1 Å². The van der Waals surface area contributed by atoms with Gasteiger partial charge in [-0.05, 0) is 0 Å². The van der Waals surface area contributed by atoms with Crippen LogP contribution in [0.3, 0.4) is 0 Å². The third-order valence-corrected chi connectivity index (χ3v) is 3.26. The fourth-order valence-corrected chi connectivity index (χ4v) is 2.21. The Morgan fingerprint density at radius 3 is 3.11 bits per heavy atom. The average Bonchev–Trinajstić information content (AvgIpc) is 3.02. The van der Waals surface area contributed by atoms with E-state index in [4.69, 9.17) is 9.84 Å². The maximum absolute atomic E-state index is 14.0. The Bertz CT molecular complexity index is 604. The molecule has 2 aromatic heterocycles. The lowest BCUT2D eigenvalue weighted by Crippen LogP contribution is -2.27. The Morgan fingerprint density at radius 1 is 1.58 bits per heavy atom. The molecule has 0 bridgehead atoms. The summed E-state index contributed by atoms with van der Waals surface area (Å²) in [6.07, 6.45) is 2.53. The van der Waals surface area contributed by atoms with E-state index < -0.39 is 18.5 Å². The molecular formula is C11H14FN5O2. The van der Waals surface area contributed by atoms with E-state index in [1.165, 1.54) is 6.33 Å². The van der Waals surface area contributed by atoms with Crippen molar-refractivity contribution in [1.82, 2.24) is 19.5 Å². The minimum Gasteiger partial charge on any atom is -0.393 e. The summed E-state index contributed by atoms with van der Waals surface area (Å²) in [6, 6.07) is 0. The fraction of sp³-hybridized carbons (Fsp3) is 0.545. The van der Waals surface area contributed by atoms with Gasteiger partial charge >= 0.3 is 0 Å². The third-order valence-electron chi connectivity index (χ3n) is 3.26. The molecule has 2 aromatic rings. The van der Waals surface area contributed by atoms with Gasteiger partial charge in [0.1, 0.15) is 18.1 Å². The highest BCUT2D eigenvalue weighted by atomic mass is 19.1. The van der Waals surface area contributed by atoms with Crippen molar-refractivity contribution in [2.75, 3.05) is 25.6 Å². The quantitative estimate of drug-likeness (QED) is 0.841. The van der Waals surface area contributed by atoms with Gasteiger partial charge in [0.15, 0.2) is 17.1 Å². The van der Waals surface area contributed by atoms with Crippen LogP contribution >= 0.6 is 0 Å². The summed E-state index contributed by atoms with van der Waals surface area (Å²) in [7, 11) is 1.74. The molecule has 3 rings (SSSR count). The van der Waals surface area contributed by atoms with E-state index in [1.807, 2.05) is 0 Å². The second-order valence-electron chi connectivity index (χ2n) is 4.58. The maximum atomic E-state index is 14.0. The normalized spacial score (nSPS) is 27.0. The molecule has 19 heavy (non-hydrogen) atoms. The Hall–Kier alpha value is -1.80. The minimum atomic E-state index is -1.69. The van der Waals surface area contributed by atoms with Gasteiger partial charge in [-0.2, -0.15) is 0 Å². The van der Waals surface area contributed by atoms with Crippen LogP contribution in [-0.4, -0.2) is 50.6 Å². The van der Waals surface area contributed by atoms with E-state index in [-0.39, 0.29) is 13.0 Å². The number of nitrogens with one attached hydrogen (secondary N) is 1. The number of hydrogen-bond acceptors (Lipinski definition) is 6. The van der Waals surface area contributed by atoms with Crippen LogP contribution in [0.1, 0.15) is 12.6 Å². The van der Waals surface area contributed by atoms with E-state index in [0.717, 1.165) is 0 Å². The third kappa shape index (κ3) is 1.92. The number of aromatic nitrogens is 4. The summed E-state index contributed by atoms with van der Waals surface area (Å²) in [4.78, 5) is 12.4. The van der Waals surface area contributed by atoms with Crippen LogP contribution in [0.4, 0.5) is 10.2 Å². The smallest absolute Gasteiger partial charge is 0.167 e. The molecule has 0 saturated carbocycles. The average molecular weight is 267 g/mol. The number of anilines is 1. The molecule has 0 aliphatic carbocycles. The van der Waals surface area contributed by atoms with Gasteiger partial charge in [0.05, 0.1) is 19.5 Å². The van der Waals surface area contributed by atoms with Crippen molar-refractivity contribution >= 4 is 17.0 Å². The molecule has 1 fully saturated rings. The Balaban J connectivity index is 1.99. The van der Waals surface area contributed by atoms with Gasteiger partial charge in [-0.15, -0.1) is 0 Å². The molecule has 2 N–H and O–H groups in total. The first-order chi connectivity index (χ1) is 9.17. The molecule has 0 spiro atoms. The molecule has 1 aliphatic heterocycles. The number of imidazole rings is 1. The Morgan fingerprint density at radius 2 is 2.42 bits per heavy atom. The molecule has 2 atom stereocenters. The van der Waals surface area contributed by atoms with Crippen LogP contribution in [0.5, 0.6) is 0 Å². The molecule has 0 radical (unpaired) electrons. The summed E-state index contributed by atoms with van der Waals surface area (Å²) in [6.45, 7) is -0.676. The van der Waals surface area contributed by atoms with Gasteiger partial charge < -0.3 is 15.2 Å². The van der Waals surface area contributed by atoms with Gasteiger partial charge in [0.2, 0.25) is 0 Å². The molecule has 3 heterocycles. The summed E-state index contributed by atoms with van der Waals surface area (Å²) in [5.74, 6) is 0.607. The number of hydrogen-bond donors (Lipinski definition) is 2. The number of aliphatic hydroxyl groups is 1. The maximum Gasteiger partial charge on any atom is 0.167 e. The fourth-order valence-electron chi connectivity index (χ4n) is 2.21. The number of ether oxygens (including phenoxy) is 1. The molecule has 0 amide bonds. The molecule has 1 saturated heterocycles. The summed E-state index contributed by atoms with van der Waals surface area (Å²) in [5.41, 5.74) is -0.513. The summed E-state index contributed by atoms with van der Waals surface area (Å²) in [5, 5.41) is 11.9. The highest BCUT2D eigenvalue weighted by Crippen LogP contribution is 2.35. The predicted octanol–water partition coefficient (Wildman–Crippen LogP) is 0.487. The van der Waals surface area contributed by atoms with Crippen LogP contribution in [0.25, 0.3) is 11.2 Å². The van der Waals surface area contributed by atoms with Gasteiger partial charge in [0.25, 0.3) is 0 Å². The molecule has 7 nitrogen and oxygen atoms in total. The van der Waals surface area contributed by atoms with Crippen molar-refractivity contribution in [3.63, 3.8) is 0 Å². The molecule has 0 unspecified atom stereocenters. The molecule has 8 heteroatoms. The molecule has 0 aromatic carbocycles. The molecular weight excluding hydrogens is 253 g/mol. The lowest BCUT2D eigenvalue weighted by molar-refractivity contribution is 0.0302. The Kier molecular flexibility index (Phi) is 2.83. The summed E-state index contributed by atoms with van der Waals surface area (Å²) < 4.78 is 21.0. The second kappa shape index (κ2) is 4.39. The summed E-state index contributed by atoms with van der Waals surface area (Å²) >= 11 is 0. The lowest BCUT2D eigenvalue weighted by atomic mass is 10.1. The Labute approximate surface area is 108 Å². The minimum absolute atomic E-state index is 0.0772. The number of fused-ring (bicyclic) bond motifs is 1. The van der Waals surface area contributed by atoms with Gasteiger partial charge in [-0.1, -0.05) is 0 Å². The molecule has 102 valence electrons. The second-order valence-corrected chi connectivity index (χ2v) is 4.58. The standard InChI is InChI=1S/C11H14FN5O2/c1-13-9-8-10(15-5-14-9)17(6-16-8)7-2-11(12,3-18)4-19-7/h5-7,18H,2-4H2,1H3,(H,13,14,15)/t7-,11+/m1/s1. The predicted molar refractivity (Wildman–Crippen MR) is 65.4 cm³/mol. The van der Waals surface area contributed by atoms with Crippen molar-refractivity contribution in [2.24, 2.45) is 0 Å². The van der Waals surface area contributed by atoms with E-state index in [2.05, 4.69) is 20.3 Å². The van der Waals surface area contributed by atoms with Gasteiger partial charge in [0, 0.05) is 13.5 Å². The number of aliphatic hydroxyl groups excluding tert-OH is 1. The van der Waals surface area contributed by atoms with Crippen LogP contribution in [-0.2, 0) is 4.74 Å². The first-order valence-corrected chi connectivity index (χ1v) is 5.93. The van der Waals surface area contributed by atoms with Crippen molar-refractivity contribution in [3.05, 3.63) is 12.7 Å². The first-order valence-electron chi connectivity index (χ1n) is 5.93. The van der Waals surface area contributed by atoms with Crippen molar-refractivity contribution in [1.29, 1.82) is 0 Å². The van der Waals surface area contributed by atoms with Crippen molar-refractivity contribution in [2.45, 2.75) is 18.3 Å². The largest absolute Gasteiger partial charge is 0.393 e. The highest BCUT2D eigenvalue weighted by molar-refractivity contribution is 5.82.